The van der Waals surface area contributed by atoms with Crippen molar-refractivity contribution in [3.05, 3.63) is 59.9 Å². The number of anilines is 1. The maximum absolute atomic E-state index is 11.7. The Bertz CT molecular complexity index is 656. The fraction of sp³-hybridized carbons (Fsp3) is 0.235. The Labute approximate surface area is 134 Å². The van der Waals surface area contributed by atoms with Crippen molar-refractivity contribution in [3.63, 3.8) is 0 Å². The summed E-state index contributed by atoms with van der Waals surface area (Å²) in [6.07, 6.45) is 1.28. The van der Waals surface area contributed by atoms with E-state index in [0.717, 1.165) is 5.56 Å². The molecular formula is C17H18N2O4. The fourth-order valence-electron chi connectivity index (χ4n) is 2.07. The van der Waals surface area contributed by atoms with Gasteiger partial charge in [0.25, 0.3) is 0 Å². The SMILES string of the molecule is CCC(C(=O)O)c1ccc(NC(=O)OCc2ccccc2)cn1. The second kappa shape index (κ2) is 7.93. The van der Waals surface area contributed by atoms with E-state index in [1.54, 1.807) is 19.1 Å². The minimum Gasteiger partial charge on any atom is -0.481 e. The summed E-state index contributed by atoms with van der Waals surface area (Å²) in [5, 5.41) is 11.6. The lowest BCUT2D eigenvalue weighted by Crippen LogP contribution is -2.15. The van der Waals surface area contributed by atoms with Crippen LogP contribution >= 0.6 is 0 Å². The number of pyridine rings is 1. The van der Waals surface area contributed by atoms with Crippen molar-refractivity contribution in [3.8, 4) is 0 Å². The molecule has 120 valence electrons. The highest BCUT2D eigenvalue weighted by Gasteiger charge is 2.18. The summed E-state index contributed by atoms with van der Waals surface area (Å²) in [4.78, 5) is 26.9. The summed E-state index contributed by atoms with van der Waals surface area (Å²) in [5.41, 5.74) is 1.80. The number of ether oxygens (including phenoxy) is 1. The number of carboxylic acids is 1. The van der Waals surface area contributed by atoms with Crippen molar-refractivity contribution in [2.75, 3.05) is 5.32 Å². The molecule has 1 atom stereocenters. The number of carbonyl (C=O) groups is 2. The number of nitrogens with one attached hydrogen (secondary N) is 1. The van der Waals surface area contributed by atoms with Gasteiger partial charge in [-0.05, 0) is 24.1 Å². The molecule has 1 heterocycles. The zero-order valence-electron chi connectivity index (χ0n) is 12.7. The van der Waals surface area contributed by atoms with E-state index >= 15 is 0 Å². The highest BCUT2D eigenvalue weighted by molar-refractivity contribution is 5.84. The van der Waals surface area contributed by atoms with Crippen LogP contribution in [0.2, 0.25) is 0 Å². The van der Waals surface area contributed by atoms with E-state index in [-0.39, 0.29) is 6.61 Å². The van der Waals surface area contributed by atoms with Gasteiger partial charge < -0.3 is 9.84 Å². The van der Waals surface area contributed by atoms with Gasteiger partial charge in [-0.2, -0.15) is 0 Å². The number of hydrogen-bond donors (Lipinski definition) is 2. The lowest BCUT2D eigenvalue weighted by molar-refractivity contribution is -0.138. The van der Waals surface area contributed by atoms with Gasteiger partial charge in [0.05, 0.1) is 23.5 Å². The average molecular weight is 314 g/mol. The molecule has 0 aliphatic carbocycles. The molecule has 0 aliphatic rings. The van der Waals surface area contributed by atoms with Crippen LogP contribution in [0, 0.1) is 0 Å². The molecule has 1 aromatic carbocycles. The Hall–Kier alpha value is -2.89. The van der Waals surface area contributed by atoms with Crippen LogP contribution in [0.4, 0.5) is 10.5 Å². The molecule has 0 fully saturated rings. The topological polar surface area (TPSA) is 88.5 Å². The van der Waals surface area contributed by atoms with Crippen LogP contribution in [0.25, 0.3) is 0 Å². The van der Waals surface area contributed by atoms with E-state index in [2.05, 4.69) is 10.3 Å². The largest absolute Gasteiger partial charge is 0.481 e. The van der Waals surface area contributed by atoms with Crippen LogP contribution in [0.3, 0.4) is 0 Å². The Kier molecular flexibility index (Phi) is 5.68. The highest BCUT2D eigenvalue weighted by Crippen LogP contribution is 2.19. The van der Waals surface area contributed by atoms with E-state index in [1.807, 2.05) is 30.3 Å². The summed E-state index contributed by atoms with van der Waals surface area (Å²) in [5.74, 6) is -1.56. The van der Waals surface area contributed by atoms with E-state index < -0.39 is 18.0 Å². The molecular weight excluding hydrogens is 296 g/mol. The quantitative estimate of drug-likeness (QED) is 0.853. The molecule has 0 aliphatic heterocycles. The fourth-order valence-corrected chi connectivity index (χ4v) is 2.07. The molecule has 2 N–H and O–H groups in total. The standard InChI is InChI=1S/C17H18N2O4/c1-2-14(16(20)21)15-9-8-13(10-18-15)19-17(22)23-11-12-6-4-3-5-7-12/h3-10,14H,2,11H2,1H3,(H,19,22)(H,20,21). The smallest absolute Gasteiger partial charge is 0.412 e. The zero-order valence-corrected chi connectivity index (χ0v) is 12.7. The Balaban J connectivity index is 1.90. The second-order valence-electron chi connectivity index (χ2n) is 4.96. The summed E-state index contributed by atoms with van der Waals surface area (Å²) >= 11 is 0. The first-order chi connectivity index (χ1) is 11.1. The first-order valence-electron chi connectivity index (χ1n) is 7.26. The monoisotopic (exact) mass is 314 g/mol. The van der Waals surface area contributed by atoms with Crippen LogP contribution in [0.5, 0.6) is 0 Å². The maximum Gasteiger partial charge on any atom is 0.412 e. The van der Waals surface area contributed by atoms with Crippen LogP contribution in [0.15, 0.2) is 48.7 Å². The molecule has 1 amide bonds. The van der Waals surface area contributed by atoms with Gasteiger partial charge in [0.15, 0.2) is 0 Å². The van der Waals surface area contributed by atoms with Crippen molar-refractivity contribution in [2.24, 2.45) is 0 Å². The minimum absolute atomic E-state index is 0.176. The third kappa shape index (κ3) is 4.81. The molecule has 0 bridgehead atoms. The first kappa shape index (κ1) is 16.5. The van der Waals surface area contributed by atoms with Gasteiger partial charge in [-0.25, -0.2) is 4.79 Å². The Morgan fingerprint density at radius 3 is 2.52 bits per heavy atom. The van der Waals surface area contributed by atoms with Crippen LogP contribution < -0.4 is 5.32 Å². The molecule has 1 aromatic heterocycles. The van der Waals surface area contributed by atoms with E-state index in [1.165, 1.54) is 6.20 Å². The Morgan fingerprint density at radius 1 is 1.22 bits per heavy atom. The number of carboxylic acid groups (broad SMARTS) is 1. The third-order valence-corrected chi connectivity index (χ3v) is 3.31. The Morgan fingerprint density at radius 2 is 1.96 bits per heavy atom. The van der Waals surface area contributed by atoms with Crippen molar-refractivity contribution in [2.45, 2.75) is 25.9 Å². The predicted molar refractivity (Wildman–Crippen MR) is 85.2 cm³/mol. The molecule has 2 rings (SSSR count). The number of carbonyl (C=O) groups excluding carboxylic acids is 1. The second-order valence-corrected chi connectivity index (χ2v) is 4.96. The van der Waals surface area contributed by atoms with Crippen molar-refractivity contribution in [1.82, 2.24) is 4.98 Å². The van der Waals surface area contributed by atoms with Gasteiger partial charge in [0, 0.05) is 0 Å². The van der Waals surface area contributed by atoms with Gasteiger partial charge in [-0.15, -0.1) is 0 Å². The normalized spacial score (nSPS) is 11.5. The molecule has 6 nitrogen and oxygen atoms in total. The number of nitrogens with zero attached hydrogens (tertiary/aromatic N) is 1. The lowest BCUT2D eigenvalue weighted by atomic mass is 10.0. The third-order valence-electron chi connectivity index (χ3n) is 3.31. The van der Waals surface area contributed by atoms with Crippen molar-refractivity contribution >= 4 is 17.7 Å². The molecule has 2 aromatic rings. The molecule has 0 saturated carbocycles. The number of aromatic nitrogens is 1. The maximum atomic E-state index is 11.7. The van der Waals surface area contributed by atoms with Gasteiger partial charge in [-0.1, -0.05) is 37.3 Å². The van der Waals surface area contributed by atoms with E-state index in [0.29, 0.717) is 17.8 Å². The van der Waals surface area contributed by atoms with E-state index in [4.69, 9.17) is 9.84 Å². The predicted octanol–water partition coefficient (Wildman–Crippen LogP) is 3.41. The number of hydrogen-bond acceptors (Lipinski definition) is 4. The summed E-state index contributed by atoms with van der Waals surface area (Å²) in [7, 11) is 0. The van der Waals surface area contributed by atoms with Gasteiger partial charge in [0.1, 0.15) is 6.61 Å². The first-order valence-corrected chi connectivity index (χ1v) is 7.26. The molecule has 23 heavy (non-hydrogen) atoms. The minimum atomic E-state index is -0.914. The summed E-state index contributed by atoms with van der Waals surface area (Å²) < 4.78 is 5.10. The molecule has 0 spiro atoms. The highest BCUT2D eigenvalue weighted by atomic mass is 16.5. The van der Waals surface area contributed by atoms with Crippen LogP contribution in [-0.2, 0) is 16.1 Å². The molecule has 1 unspecified atom stereocenters. The average Bonchev–Trinajstić information content (AvgIpc) is 2.56. The molecule has 6 heteroatoms. The van der Waals surface area contributed by atoms with Crippen molar-refractivity contribution < 1.29 is 19.4 Å². The van der Waals surface area contributed by atoms with Crippen LogP contribution in [-0.4, -0.2) is 22.2 Å². The molecule has 0 saturated heterocycles. The van der Waals surface area contributed by atoms with Crippen molar-refractivity contribution in [1.29, 1.82) is 0 Å². The number of benzene rings is 1. The lowest BCUT2D eigenvalue weighted by Gasteiger charge is -2.10. The summed E-state index contributed by atoms with van der Waals surface area (Å²) in [6.45, 7) is 1.96. The number of aliphatic carboxylic acids is 1. The van der Waals surface area contributed by atoms with Crippen LogP contribution in [0.1, 0.15) is 30.5 Å². The number of amides is 1. The zero-order chi connectivity index (χ0) is 16.7. The van der Waals surface area contributed by atoms with E-state index in [9.17, 15) is 9.59 Å². The summed E-state index contributed by atoms with van der Waals surface area (Å²) in [6, 6.07) is 12.5. The van der Waals surface area contributed by atoms with Gasteiger partial charge in [-0.3, -0.25) is 15.1 Å². The molecule has 0 radical (unpaired) electrons. The van der Waals surface area contributed by atoms with Gasteiger partial charge >= 0.3 is 12.1 Å². The van der Waals surface area contributed by atoms with Gasteiger partial charge in [0.2, 0.25) is 0 Å². The number of rotatable bonds is 6.